The van der Waals surface area contributed by atoms with E-state index in [1.807, 2.05) is 24.3 Å². The molecule has 1 aromatic rings. The van der Waals surface area contributed by atoms with Crippen molar-refractivity contribution in [3.63, 3.8) is 0 Å². The van der Waals surface area contributed by atoms with E-state index in [4.69, 9.17) is 10.5 Å². The van der Waals surface area contributed by atoms with Crippen molar-refractivity contribution in [2.45, 2.75) is 44.4 Å². The molecule has 0 saturated carbocycles. The van der Waals surface area contributed by atoms with E-state index in [-0.39, 0.29) is 24.2 Å². The molecule has 20 heavy (non-hydrogen) atoms. The molecular formula is C15H21BrN2O2. The van der Waals surface area contributed by atoms with Crippen LogP contribution in [0.3, 0.4) is 0 Å². The standard InChI is InChI=1S/C15H21BrN2O2/c1-2-13(10-3-5-11(16)6-4-10)18-15(19)14-8-7-12(9-17)20-14/h3-6,12-14H,2,7-9,17H2,1H3,(H,18,19). The number of hydrogen-bond donors (Lipinski definition) is 2. The Balaban J connectivity index is 1.96. The van der Waals surface area contributed by atoms with Crippen LogP contribution in [-0.4, -0.2) is 24.7 Å². The van der Waals surface area contributed by atoms with Crippen LogP contribution in [-0.2, 0) is 9.53 Å². The highest BCUT2D eigenvalue weighted by Gasteiger charge is 2.30. The van der Waals surface area contributed by atoms with Gasteiger partial charge in [-0.3, -0.25) is 4.79 Å². The monoisotopic (exact) mass is 340 g/mol. The van der Waals surface area contributed by atoms with Crippen molar-refractivity contribution in [2.75, 3.05) is 6.54 Å². The molecule has 0 aliphatic carbocycles. The summed E-state index contributed by atoms with van der Waals surface area (Å²) in [5, 5.41) is 3.07. The molecule has 2 rings (SSSR count). The quantitative estimate of drug-likeness (QED) is 0.865. The summed E-state index contributed by atoms with van der Waals surface area (Å²) in [5.41, 5.74) is 6.68. The van der Waals surface area contributed by atoms with Crippen LogP contribution in [0.2, 0.25) is 0 Å². The summed E-state index contributed by atoms with van der Waals surface area (Å²) in [6, 6.07) is 8.05. The Hall–Kier alpha value is -0.910. The SMILES string of the molecule is CCC(NC(=O)C1CCC(CN)O1)c1ccc(Br)cc1. The molecule has 1 saturated heterocycles. The zero-order chi connectivity index (χ0) is 14.5. The van der Waals surface area contributed by atoms with Gasteiger partial charge in [0.05, 0.1) is 12.1 Å². The minimum absolute atomic E-state index is 0.0242. The lowest BCUT2D eigenvalue weighted by Crippen LogP contribution is -2.37. The molecule has 1 heterocycles. The summed E-state index contributed by atoms with van der Waals surface area (Å²) in [5.74, 6) is -0.0317. The molecule has 1 fully saturated rings. The van der Waals surface area contributed by atoms with Gasteiger partial charge in [0.25, 0.3) is 0 Å². The molecule has 3 unspecified atom stereocenters. The van der Waals surface area contributed by atoms with Gasteiger partial charge < -0.3 is 15.8 Å². The average Bonchev–Trinajstić information content (AvgIpc) is 2.94. The van der Waals surface area contributed by atoms with Crippen molar-refractivity contribution in [3.8, 4) is 0 Å². The van der Waals surface area contributed by atoms with Crippen LogP contribution in [0.15, 0.2) is 28.7 Å². The number of rotatable bonds is 5. The number of ether oxygens (including phenoxy) is 1. The largest absolute Gasteiger partial charge is 0.364 e. The summed E-state index contributed by atoms with van der Waals surface area (Å²) >= 11 is 3.42. The lowest BCUT2D eigenvalue weighted by Gasteiger charge is -2.20. The van der Waals surface area contributed by atoms with Crippen LogP contribution >= 0.6 is 15.9 Å². The fourth-order valence-electron chi connectivity index (χ4n) is 2.45. The molecule has 1 aliphatic rings. The summed E-state index contributed by atoms with van der Waals surface area (Å²) < 4.78 is 6.66. The number of carbonyl (C=O) groups excluding carboxylic acids is 1. The van der Waals surface area contributed by atoms with E-state index in [0.717, 1.165) is 29.3 Å². The second-order valence-electron chi connectivity index (χ2n) is 5.08. The van der Waals surface area contributed by atoms with Crippen molar-refractivity contribution >= 4 is 21.8 Å². The number of nitrogens with two attached hydrogens (primary N) is 1. The van der Waals surface area contributed by atoms with Gasteiger partial charge in [-0.15, -0.1) is 0 Å². The van der Waals surface area contributed by atoms with Crippen molar-refractivity contribution in [2.24, 2.45) is 5.73 Å². The predicted molar refractivity (Wildman–Crippen MR) is 82.3 cm³/mol. The fraction of sp³-hybridized carbons (Fsp3) is 0.533. The van der Waals surface area contributed by atoms with Crippen LogP contribution in [0.4, 0.5) is 0 Å². The Kier molecular flexibility index (Phi) is 5.57. The maximum absolute atomic E-state index is 12.2. The molecule has 0 bridgehead atoms. The van der Waals surface area contributed by atoms with Crippen molar-refractivity contribution in [1.82, 2.24) is 5.32 Å². The summed E-state index contributed by atoms with van der Waals surface area (Å²) in [7, 11) is 0. The highest BCUT2D eigenvalue weighted by Crippen LogP contribution is 2.22. The number of carbonyl (C=O) groups is 1. The van der Waals surface area contributed by atoms with E-state index < -0.39 is 0 Å². The number of amides is 1. The van der Waals surface area contributed by atoms with Gasteiger partial charge in [-0.1, -0.05) is 35.0 Å². The lowest BCUT2D eigenvalue weighted by atomic mass is 10.0. The molecule has 1 amide bonds. The van der Waals surface area contributed by atoms with Crippen LogP contribution in [0.5, 0.6) is 0 Å². The Labute approximate surface area is 128 Å². The molecule has 1 aliphatic heterocycles. The molecule has 110 valence electrons. The minimum Gasteiger partial charge on any atom is -0.364 e. The fourth-order valence-corrected chi connectivity index (χ4v) is 2.72. The first-order chi connectivity index (χ1) is 9.63. The van der Waals surface area contributed by atoms with Gasteiger partial charge in [0.2, 0.25) is 5.91 Å². The van der Waals surface area contributed by atoms with E-state index >= 15 is 0 Å². The Morgan fingerprint density at radius 2 is 2.15 bits per heavy atom. The number of benzene rings is 1. The van der Waals surface area contributed by atoms with Gasteiger partial charge in [0.15, 0.2) is 0 Å². The van der Waals surface area contributed by atoms with Crippen LogP contribution in [0.1, 0.15) is 37.8 Å². The molecule has 3 atom stereocenters. The van der Waals surface area contributed by atoms with Gasteiger partial charge in [-0.25, -0.2) is 0 Å². The number of halogens is 1. The Morgan fingerprint density at radius 3 is 2.70 bits per heavy atom. The van der Waals surface area contributed by atoms with Gasteiger partial charge >= 0.3 is 0 Å². The molecule has 1 aromatic carbocycles. The van der Waals surface area contributed by atoms with Crippen molar-refractivity contribution < 1.29 is 9.53 Å². The lowest BCUT2D eigenvalue weighted by molar-refractivity contribution is -0.132. The molecule has 4 nitrogen and oxygen atoms in total. The Bertz CT molecular complexity index is 450. The highest BCUT2D eigenvalue weighted by molar-refractivity contribution is 9.10. The third-order valence-corrected chi connectivity index (χ3v) is 4.19. The Morgan fingerprint density at radius 1 is 1.45 bits per heavy atom. The van der Waals surface area contributed by atoms with Gasteiger partial charge in [0.1, 0.15) is 6.10 Å². The van der Waals surface area contributed by atoms with Crippen molar-refractivity contribution in [3.05, 3.63) is 34.3 Å². The van der Waals surface area contributed by atoms with E-state index in [1.54, 1.807) is 0 Å². The number of hydrogen-bond acceptors (Lipinski definition) is 3. The van der Waals surface area contributed by atoms with E-state index in [2.05, 4.69) is 28.2 Å². The number of nitrogens with one attached hydrogen (secondary N) is 1. The molecule has 3 N–H and O–H groups in total. The van der Waals surface area contributed by atoms with Gasteiger partial charge in [0, 0.05) is 11.0 Å². The third-order valence-electron chi connectivity index (χ3n) is 3.66. The molecular weight excluding hydrogens is 320 g/mol. The van der Waals surface area contributed by atoms with E-state index in [0.29, 0.717) is 6.54 Å². The van der Waals surface area contributed by atoms with Crippen LogP contribution < -0.4 is 11.1 Å². The zero-order valence-corrected chi connectivity index (χ0v) is 13.2. The predicted octanol–water partition coefficient (Wildman–Crippen LogP) is 2.52. The molecule has 5 heteroatoms. The first-order valence-electron chi connectivity index (χ1n) is 7.05. The van der Waals surface area contributed by atoms with E-state index in [9.17, 15) is 4.79 Å². The van der Waals surface area contributed by atoms with Gasteiger partial charge in [-0.2, -0.15) is 0 Å². The molecule has 0 radical (unpaired) electrons. The maximum atomic E-state index is 12.2. The summed E-state index contributed by atoms with van der Waals surface area (Å²) in [6.07, 6.45) is 2.14. The third kappa shape index (κ3) is 3.81. The maximum Gasteiger partial charge on any atom is 0.249 e. The first-order valence-corrected chi connectivity index (χ1v) is 7.84. The van der Waals surface area contributed by atoms with E-state index in [1.165, 1.54) is 0 Å². The summed E-state index contributed by atoms with van der Waals surface area (Å²) in [6.45, 7) is 2.54. The smallest absolute Gasteiger partial charge is 0.249 e. The molecule has 0 spiro atoms. The first kappa shape index (κ1) is 15.5. The second kappa shape index (κ2) is 7.20. The average molecular weight is 341 g/mol. The molecule has 0 aromatic heterocycles. The summed E-state index contributed by atoms with van der Waals surface area (Å²) in [4.78, 5) is 12.2. The highest BCUT2D eigenvalue weighted by atomic mass is 79.9. The zero-order valence-electron chi connectivity index (χ0n) is 11.6. The van der Waals surface area contributed by atoms with Crippen LogP contribution in [0, 0.1) is 0 Å². The van der Waals surface area contributed by atoms with Crippen molar-refractivity contribution in [1.29, 1.82) is 0 Å². The van der Waals surface area contributed by atoms with Gasteiger partial charge in [-0.05, 0) is 37.0 Å². The minimum atomic E-state index is -0.354. The topological polar surface area (TPSA) is 64.4 Å². The second-order valence-corrected chi connectivity index (χ2v) is 6.00. The van der Waals surface area contributed by atoms with Crippen LogP contribution in [0.25, 0.3) is 0 Å². The normalized spacial score (nSPS) is 23.6.